The zero-order valence-electron chi connectivity index (χ0n) is 17.3. The molecule has 2 atom stereocenters. The molecule has 1 aromatic heterocycles. The Hall–Kier alpha value is -2.07. The number of imidazole rings is 1. The van der Waals surface area contributed by atoms with Crippen LogP contribution in [0, 0.1) is 16.4 Å². The third-order valence-corrected chi connectivity index (χ3v) is 7.34. The van der Waals surface area contributed by atoms with Crippen LogP contribution in [-0.4, -0.2) is 45.5 Å². The molecule has 166 valence electrons. The fourth-order valence-corrected chi connectivity index (χ4v) is 5.23. The number of carbonyl (C=O) groups is 2. The van der Waals surface area contributed by atoms with Crippen molar-refractivity contribution in [2.45, 2.75) is 44.2 Å². The van der Waals surface area contributed by atoms with E-state index in [1.165, 1.54) is 12.1 Å². The van der Waals surface area contributed by atoms with Gasteiger partial charge in [0.25, 0.3) is 0 Å². The van der Waals surface area contributed by atoms with Crippen LogP contribution in [0.15, 0.2) is 16.6 Å². The maximum atomic E-state index is 14.6. The minimum absolute atomic E-state index is 0.0421. The van der Waals surface area contributed by atoms with E-state index in [-0.39, 0.29) is 34.3 Å². The van der Waals surface area contributed by atoms with Gasteiger partial charge in [-0.1, -0.05) is 0 Å². The number of fused-ring (bicyclic) bond motifs is 1. The first-order chi connectivity index (χ1) is 14.7. The maximum Gasteiger partial charge on any atom is 0.226 e. The monoisotopic (exact) mass is 512 g/mol. The number of piperidine rings is 1. The molecule has 0 bridgehead atoms. The zero-order valence-corrected chi connectivity index (χ0v) is 19.7. The molecule has 0 saturated carbocycles. The summed E-state index contributed by atoms with van der Waals surface area (Å²) < 4.78 is 33.5. The van der Waals surface area contributed by atoms with Crippen LogP contribution in [-0.2, 0) is 36.0 Å². The predicted octanol–water partition coefficient (Wildman–Crippen LogP) is 3.22. The van der Waals surface area contributed by atoms with Gasteiger partial charge in [-0.25, -0.2) is 8.78 Å². The molecular weight excluding hydrogens is 490 g/mol. The summed E-state index contributed by atoms with van der Waals surface area (Å²) in [5.74, 6) is -1.65. The summed E-state index contributed by atoms with van der Waals surface area (Å²) in [6, 6.07) is 2.52. The fourth-order valence-electron chi connectivity index (χ4n) is 4.59. The maximum absolute atomic E-state index is 14.6. The Labute approximate surface area is 192 Å². The highest BCUT2D eigenvalue weighted by Gasteiger charge is 2.33. The summed E-state index contributed by atoms with van der Waals surface area (Å²) in [6.45, 7) is 0.851. The number of likely N-dealkylation sites (tertiary alicyclic amines) is 1. The van der Waals surface area contributed by atoms with E-state index >= 15 is 0 Å². The molecule has 1 aromatic carbocycles. The fraction of sp³-hybridized carbons (Fsp3) is 0.476. The summed E-state index contributed by atoms with van der Waals surface area (Å²) in [5.41, 5.74) is 1.63. The highest BCUT2D eigenvalue weighted by Crippen LogP contribution is 2.37. The second-order valence-electron chi connectivity index (χ2n) is 8.26. The van der Waals surface area contributed by atoms with Crippen LogP contribution < -0.4 is 5.32 Å². The van der Waals surface area contributed by atoms with Gasteiger partial charge in [0.15, 0.2) is 4.77 Å². The van der Waals surface area contributed by atoms with E-state index in [0.717, 1.165) is 11.4 Å². The summed E-state index contributed by atoms with van der Waals surface area (Å²) in [7, 11) is 3.53. The molecule has 10 heteroatoms. The molecule has 4 rings (SSSR count). The second kappa shape index (κ2) is 8.46. The molecular formula is C21H23BrF2N4O2S. The van der Waals surface area contributed by atoms with Crippen LogP contribution in [0.1, 0.15) is 35.7 Å². The van der Waals surface area contributed by atoms with Crippen molar-refractivity contribution in [2.24, 2.45) is 7.05 Å². The number of benzene rings is 1. The van der Waals surface area contributed by atoms with E-state index in [2.05, 4.69) is 21.2 Å². The number of hydrogen-bond donors (Lipinski definition) is 1. The quantitative estimate of drug-likeness (QED) is 0.505. The molecule has 31 heavy (non-hydrogen) atoms. The van der Waals surface area contributed by atoms with Crippen molar-refractivity contribution >= 4 is 40.0 Å². The van der Waals surface area contributed by atoms with Gasteiger partial charge in [0.2, 0.25) is 11.8 Å². The minimum Gasteiger partial charge on any atom is -0.351 e. The molecule has 0 aliphatic carbocycles. The van der Waals surface area contributed by atoms with Gasteiger partial charge in [-0.2, -0.15) is 0 Å². The Kier molecular flexibility index (Phi) is 6.04. The molecule has 2 aliphatic heterocycles. The largest absolute Gasteiger partial charge is 0.351 e. The van der Waals surface area contributed by atoms with E-state index in [1.807, 2.05) is 4.57 Å². The lowest BCUT2D eigenvalue weighted by Gasteiger charge is -2.30. The van der Waals surface area contributed by atoms with E-state index in [0.29, 0.717) is 37.1 Å². The molecule has 2 aliphatic rings. The summed E-state index contributed by atoms with van der Waals surface area (Å²) in [6.07, 6.45) is 1.55. The molecule has 2 amide bonds. The highest BCUT2D eigenvalue weighted by atomic mass is 79.9. The van der Waals surface area contributed by atoms with E-state index in [9.17, 15) is 18.4 Å². The van der Waals surface area contributed by atoms with Gasteiger partial charge in [-0.05, 0) is 53.1 Å². The highest BCUT2D eigenvalue weighted by molar-refractivity contribution is 9.10. The SMILES string of the molecule is CN1CC(NC(=O)Cc2c3n(c(=S)n2C)C[C@H](c2c(F)ccc(Br)c2F)C3)CCC1=O. The second-order valence-corrected chi connectivity index (χ2v) is 9.48. The van der Waals surface area contributed by atoms with E-state index < -0.39 is 17.6 Å². The lowest BCUT2D eigenvalue weighted by molar-refractivity contribution is -0.133. The molecule has 1 fully saturated rings. The van der Waals surface area contributed by atoms with Gasteiger partial charge in [0.05, 0.1) is 10.9 Å². The van der Waals surface area contributed by atoms with Crippen LogP contribution >= 0.6 is 28.1 Å². The van der Waals surface area contributed by atoms with Crippen LogP contribution in [0.4, 0.5) is 8.78 Å². The van der Waals surface area contributed by atoms with Crippen LogP contribution in [0.3, 0.4) is 0 Å². The molecule has 1 N–H and O–H groups in total. The molecule has 0 radical (unpaired) electrons. The topological polar surface area (TPSA) is 59.3 Å². The number of amides is 2. The average molecular weight is 513 g/mol. The van der Waals surface area contributed by atoms with Gasteiger partial charge < -0.3 is 19.4 Å². The Morgan fingerprint density at radius 3 is 2.74 bits per heavy atom. The lowest BCUT2D eigenvalue weighted by Crippen LogP contribution is -2.48. The molecule has 6 nitrogen and oxygen atoms in total. The van der Waals surface area contributed by atoms with Crippen LogP contribution in [0.5, 0.6) is 0 Å². The van der Waals surface area contributed by atoms with Crippen molar-refractivity contribution in [1.29, 1.82) is 0 Å². The minimum atomic E-state index is -0.596. The number of aromatic nitrogens is 2. The van der Waals surface area contributed by atoms with Gasteiger partial charge >= 0.3 is 0 Å². The summed E-state index contributed by atoms with van der Waals surface area (Å²) in [5, 5.41) is 3.00. The van der Waals surface area contributed by atoms with Crippen LogP contribution in [0.2, 0.25) is 0 Å². The standard InChI is InChI=1S/C21H23BrF2N4O2S/c1-26-10-12(3-6-18(26)30)25-17(29)8-15-16-7-11(9-28(16)21(31)27(15)2)19-14(23)5-4-13(22)20(19)24/h4-5,11-12H,3,6-10H2,1-2H3,(H,25,29)/t11-,12?/m1/s1. The number of hydrogen-bond acceptors (Lipinski definition) is 3. The first-order valence-corrected chi connectivity index (χ1v) is 11.3. The molecule has 3 heterocycles. The smallest absolute Gasteiger partial charge is 0.226 e. The normalized spacial score (nSPS) is 20.8. The van der Waals surface area contributed by atoms with Crippen molar-refractivity contribution in [1.82, 2.24) is 19.4 Å². The van der Waals surface area contributed by atoms with Crippen molar-refractivity contribution in [2.75, 3.05) is 13.6 Å². The Bertz CT molecular complexity index is 1130. The third kappa shape index (κ3) is 4.07. The molecule has 2 aromatic rings. The first-order valence-electron chi connectivity index (χ1n) is 10.1. The number of nitrogens with one attached hydrogen (secondary N) is 1. The lowest BCUT2D eigenvalue weighted by atomic mass is 9.95. The summed E-state index contributed by atoms with van der Waals surface area (Å²) >= 11 is 8.66. The number of carbonyl (C=O) groups excluding carboxylic acids is 2. The van der Waals surface area contributed by atoms with Crippen LogP contribution in [0.25, 0.3) is 0 Å². The number of halogens is 3. The molecule has 0 spiro atoms. The summed E-state index contributed by atoms with van der Waals surface area (Å²) in [4.78, 5) is 26.0. The third-order valence-electron chi connectivity index (χ3n) is 6.23. The van der Waals surface area contributed by atoms with Crippen molar-refractivity contribution < 1.29 is 18.4 Å². The first kappa shape index (κ1) is 22.1. The Morgan fingerprint density at radius 1 is 1.29 bits per heavy atom. The zero-order chi connectivity index (χ0) is 22.4. The predicted molar refractivity (Wildman–Crippen MR) is 117 cm³/mol. The van der Waals surface area contributed by atoms with Crippen molar-refractivity contribution in [3.05, 3.63) is 50.0 Å². The Balaban J connectivity index is 1.54. The van der Waals surface area contributed by atoms with Gasteiger partial charge in [0.1, 0.15) is 11.6 Å². The van der Waals surface area contributed by atoms with Gasteiger partial charge in [-0.15, -0.1) is 0 Å². The van der Waals surface area contributed by atoms with E-state index in [4.69, 9.17) is 12.2 Å². The van der Waals surface area contributed by atoms with Crippen molar-refractivity contribution in [3.8, 4) is 0 Å². The Morgan fingerprint density at radius 2 is 2.03 bits per heavy atom. The molecule has 1 unspecified atom stereocenters. The number of rotatable bonds is 4. The number of likely N-dealkylation sites (N-methyl/N-ethyl adjacent to an activating group) is 1. The van der Waals surface area contributed by atoms with Crippen molar-refractivity contribution in [3.63, 3.8) is 0 Å². The van der Waals surface area contributed by atoms with E-state index in [1.54, 1.807) is 23.6 Å². The van der Waals surface area contributed by atoms with Gasteiger partial charge in [0, 0.05) is 62.5 Å². The average Bonchev–Trinajstić information content (AvgIpc) is 3.23. The number of nitrogens with zero attached hydrogens (tertiary/aromatic N) is 3. The molecule has 1 saturated heterocycles. The van der Waals surface area contributed by atoms with Gasteiger partial charge in [-0.3, -0.25) is 9.59 Å².